The summed E-state index contributed by atoms with van der Waals surface area (Å²) in [5, 5.41) is 0. The number of ether oxygens (including phenoxy) is 2. The fraction of sp³-hybridized carbons (Fsp3) is 0.444. The molecule has 23 heavy (non-hydrogen) atoms. The lowest BCUT2D eigenvalue weighted by Crippen LogP contribution is -2.61. The van der Waals surface area contributed by atoms with E-state index in [0.29, 0.717) is 11.5 Å². The molecule has 0 spiro atoms. The van der Waals surface area contributed by atoms with E-state index in [0.717, 1.165) is 18.7 Å². The van der Waals surface area contributed by atoms with Gasteiger partial charge in [0.25, 0.3) is 0 Å². The van der Waals surface area contributed by atoms with Crippen molar-refractivity contribution in [3.63, 3.8) is 0 Å². The summed E-state index contributed by atoms with van der Waals surface area (Å²) >= 11 is 0. The van der Waals surface area contributed by atoms with E-state index in [2.05, 4.69) is 18.8 Å². The second-order valence-corrected chi connectivity index (χ2v) is 6.91. The summed E-state index contributed by atoms with van der Waals surface area (Å²) in [6, 6.07) is 7.38. The molecule has 2 fully saturated rings. The maximum absolute atomic E-state index is 12.4. The molecule has 1 aromatic carbocycles. The number of imidazole rings is 1. The molecule has 5 heteroatoms. The third kappa shape index (κ3) is 2.27. The van der Waals surface area contributed by atoms with Crippen LogP contribution in [0.15, 0.2) is 43.0 Å². The van der Waals surface area contributed by atoms with E-state index in [1.807, 2.05) is 22.9 Å². The highest BCUT2D eigenvalue weighted by atomic mass is 16.6. The summed E-state index contributed by atoms with van der Waals surface area (Å²) in [6.45, 7) is 4.99. The summed E-state index contributed by atoms with van der Waals surface area (Å²) in [5.74, 6) is 0.0878. The Kier molecular flexibility index (Phi) is 3.27. The third-order valence-electron chi connectivity index (χ3n) is 5.13. The SMILES string of the molecule is CC1(C)[C@@H]2OCC[C@H]2[C@@H]1OC(=O)c1ccc(-n2ccnc2)cc1. The molecule has 0 N–H and O–H groups in total. The molecule has 0 bridgehead atoms. The minimum atomic E-state index is -0.259. The van der Waals surface area contributed by atoms with Crippen LogP contribution >= 0.6 is 0 Å². The Morgan fingerprint density at radius 3 is 2.83 bits per heavy atom. The Hall–Kier alpha value is -2.14. The lowest BCUT2D eigenvalue weighted by Gasteiger charge is -2.53. The van der Waals surface area contributed by atoms with Crippen molar-refractivity contribution in [3.8, 4) is 5.69 Å². The molecule has 1 saturated carbocycles. The van der Waals surface area contributed by atoms with E-state index in [1.54, 1.807) is 24.7 Å². The number of esters is 1. The zero-order chi connectivity index (χ0) is 16.0. The van der Waals surface area contributed by atoms with Gasteiger partial charge in [-0.2, -0.15) is 0 Å². The molecule has 2 aliphatic rings. The zero-order valence-electron chi connectivity index (χ0n) is 13.3. The highest BCUT2D eigenvalue weighted by molar-refractivity contribution is 5.89. The standard InChI is InChI=1S/C18H20N2O3/c1-18(2)15-14(7-10-22-15)16(18)23-17(21)12-3-5-13(6-4-12)20-9-8-19-11-20/h3-6,8-9,11,14-16H,7,10H2,1-2H3/t14-,15-,16+/m1/s1. The molecular formula is C18H20N2O3. The molecule has 1 aromatic heterocycles. The predicted molar refractivity (Wildman–Crippen MR) is 84.4 cm³/mol. The fourth-order valence-corrected chi connectivity index (χ4v) is 3.88. The van der Waals surface area contributed by atoms with E-state index in [9.17, 15) is 4.79 Å². The molecule has 0 radical (unpaired) electrons. The van der Waals surface area contributed by atoms with Crippen LogP contribution in [0.1, 0.15) is 30.6 Å². The monoisotopic (exact) mass is 312 g/mol. The largest absolute Gasteiger partial charge is 0.458 e. The third-order valence-corrected chi connectivity index (χ3v) is 5.13. The summed E-state index contributed by atoms with van der Waals surface area (Å²) in [6.07, 6.45) is 6.46. The number of carbonyl (C=O) groups excluding carboxylic acids is 1. The molecule has 2 heterocycles. The Bertz CT molecular complexity index is 706. The number of hydrogen-bond acceptors (Lipinski definition) is 4. The Morgan fingerprint density at radius 1 is 1.35 bits per heavy atom. The Balaban J connectivity index is 1.47. The van der Waals surface area contributed by atoms with Crippen molar-refractivity contribution in [2.45, 2.75) is 32.5 Å². The van der Waals surface area contributed by atoms with Gasteiger partial charge in [-0.05, 0) is 30.7 Å². The van der Waals surface area contributed by atoms with Crippen molar-refractivity contribution in [2.75, 3.05) is 6.61 Å². The molecule has 1 aliphatic carbocycles. The molecule has 1 aliphatic heterocycles. The van der Waals surface area contributed by atoms with Crippen LogP contribution < -0.4 is 0 Å². The van der Waals surface area contributed by atoms with Crippen LogP contribution in [0.25, 0.3) is 5.69 Å². The van der Waals surface area contributed by atoms with Crippen molar-refractivity contribution < 1.29 is 14.3 Å². The number of nitrogens with zero attached hydrogens (tertiary/aromatic N) is 2. The van der Waals surface area contributed by atoms with Crippen LogP contribution in [-0.2, 0) is 9.47 Å². The van der Waals surface area contributed by atoms with Gasteiger partial charge in [0.15, 0.2) is 0 Å². The van der Waals surface area contributed by atoms with Gasteiger partial charge >= 0.3 is 5.97 Å². The first-order chi connectivity index (χ1) is 11.1. The van der Waals surface area contributed by atoms with Crippen LogP contribution in [0, 0.1) is 11.3 Å². The minimum absolute atomic E-state index is 0.0594. The van der Waals surface area contributed by atoms with E-state index in [-0.39, 0.29) is 23.6 Å². The van der Waals surface area contributed by atoms with Crippen LogP contribution in [0.5, 0.6) is 0 Å². The normalized spacial score (nSPS) is 28.0. The van der Waals surface area contributed by atoms with Gasteiger partial charge in [-0.15, -0.1) is 0 Å². The molecular weight excluding hydrogens is 292 g/mol. The van der Waals surface area contributed by atoms with Gasteiger partial charge in [-0.1, -0.05) is 13.8 Å². The average Bonchev–Trinajstić information content (AvgIpc) is 3.23. The van der Waals surface area contributed by atoms with Crippen molar-refractivity contribution >= 4 is 5.97 Å². The van der Waals surface area contributed by atoms with Gasteiger partial charge in [0.1, 0.15) is 6.10 Å². The predicted octanol–water partition coefficient (Wildman–Crippen LogP) is 2.84. The average molecular weight is 312 g/mol. The molecule has 2 aromatic rings. The molecule has 0 amide bonds. The van der Waals surface area contributed by atoms with Crippen molar-refractivity contribution in [1.29, 1.82) is 0 Å². The van der Waals surface area contributed by atoms with Crippen molar-refractivity contribution in [3.05, 3.63) is 48.5 Å². The quantitative estimate of drug-likeness (QED) is 0.818. The number of carbonyl (C=O) groups is 1. The first-order valence-corrected chi connectivity index (χ1v) is 7.98. The van der Waals surface area contributed by atoms with Crippen molar-refractivity contribution in [1.82, 2.24) is 9.55 Å². The molecule has 3 atom stereocenters. The number of aromatic nitrogens is 2. The van der Waals surface area contributed by atoms with Gasteiger partial charge in [0.05, 0.1) is 18.0 Å². The summed E-state index contributed by atoms with van der Waals surface area (Å²) < 4.78 is 13.4. The lowest BCUT2D eigenvalue weighted by atomic mass is 9.59. The topological polar surface area (TPSA) is 53.4 Å². The number of rotatable bonds is 3. The van der Waals surface area contributed by atoms with Crippen LogP contribution in [-0.4, -0.2) is 34.3 Å². The van der Waals surface area contributed by atoms with E-state index in [1.165, 1.54) is 0 Å². The number of fused-ring (bicyclic) bond motifs is 1. The fourth-order valence-electron chi connectivity index (χ4n) is 3.88. The molecule has 120 valence electrons. The first-order valence-electron chi connectivity index (χ1n) is 7.98. The number of hydrogen-bond donors (Lipinski definition) is 0. The van der Waals surface area contributed by atoms with Crippen LogP contribution in [0.3, 0.4) is 0 Å². The summed E-state index contributed by atoms with van der Waals surface area (Å²) in [4.78, 5) is 16.5. The summed E-state index contributed by atoms with van der Waals surface area (Å²) in [5.41, 5.74) is 1.44. The van der Waals surface area contributed by atoms with Gasteiger partial charge in [0, 0.05) is 36.0 Å². The first kappa shape index (κ1) is 14.5. The van der Waals surface area contributed by atoms with E-state index in [4.69, 9.17) is 9.47 Å². The maximum Gasteiger partial charge on any atom is 0.338 e. The highest BCUT2D eigenvalue weighted by Crippen LogP contribution is 2.53. The zero-order valence-corrected chi connectivity index (χ0v) is 13.3. The van der Waals surface area contributed by atoms with Crippen LogP contribution in [0.2, 0.25) is 0 Å². The number of benzene rings is 1. The van der Waals surface area contributed by atoms with Gasteiger partial charge in [-0.25, -0.2) is 9.78 Å². The van der Waals surface area contributed by atoms with Crippen molar-refractivity contribution in [2.24, 2.45) is 11.3 Å². The minimum Gasteiger partial charge on any atom is -0.458 e. The summed E-state index contributed by atoms with van der Waals surface area (Å²) in [7, 11) is 0. The highest BCUT2D eigenvalue weighted by Gasteiger charge is 2.61. The van der Waals surface area contributed by atoms with E-state index >= 15 is 0 Å². The van der Waals surface area contributed by atoms with Gasteiger partial charge in [0.2, 0.25) is 0 Å². The lowest BCUT2D eigenvalue weighted by molar-refractivity contribution is -0.183. The Labute approximate surface area is 135 Å². The molecule has 1 saturated heterocycles. The Morgan fingerprint density at radius 2 is 2.13 bits per heavy atom. The smallest absolute Gasteiger partial charge is 0.338 e. The van der Waals surface area contributed by atoms with Crippen LogP contribution in [0.4, 0.5) is 0 Å². The van der Waals surface area contributed by atoms with Gasteiger partial charge < -0.3 is 14.0 Å². The molecule has 4 rings (SSSR count). The molecule has 0 unspecified atom stereocenters. The van der Waals surface area contributed by atoms with E-state index < -0.39 is 0 Å². The maximum atomic E-state index is 12.4. The van der Waals surface area contributed by atoms with Gasteiger partial charge in [-0.3, -0.25) is 0 Å². The second-order valence-electron chi connectivity index (χ2n) is 6.91. The second kappa shape index (κ2) is 5.20. The molecule has 5 nitrogen and oxygen atoms in total.